The summed E-state index contributed by atoms with van der Waals surface area (Å²) < 4.78 is 9.61. The van der Waals surface area contributed by atoms with E-state index in [2.05, 4.69) is 30.5 Å². The number of hydrogen-bond acceptors (Lipinski definition) is 5. The molecule has 0 amide bonds. The van der Waals surface area contributed by atoms with Crippen LogP contribution in [-0.2, 0) is 0 Å². The SMILES string of the molecule is CCOc1c(N)nsc1NC(CC)C(C)C. The van der Waals surface area contributed by atoms with E-state index < -0.39 is 0 Å². The van der Waals surface area contributed by atoms with Gasteiger partial charge in [-0.2, -0.15) is 4.37 Å². The molecule has 1 heterocycles. The van der Waals surface area contributed by atoms with E-state index >= 15 is 0 Å². The summed E-state index contributed by atoms with van der Waals surface area (Å²) in [7, 11) is 0. The van der Waals surface area contributed by atoms with Gasteiger partial charge >= 0.3 is 0 Å². The molecule has 0 fully saturated rings. The van der Waals surface area contributed by atoms with Crippen molar-refractivity contribution in [2.24, 2.45) is 5.92 Å². The topological polar surface area (TPSA) is 60.2 Å². The molecular weight excluding hydrogens is 222 g/mol. The molecule has 0 saturated heterocycles. The van der Waals surface area contributed by atoms with Gasteiger partial charge in [0.25, 0.3) is 0 Å². The Morgan fingerprint density at radius 2 is 2.12 bits per heavy atom. The second-order valence-corrected chi connectivity index (χ2v) is 4.84. The lowest BCUT2D eigenvalue weighted by Crippen LogP contribution is -2.24. The molecule has 5 heteroatoms. The minimum absolute atomic E-state index is 0.430. The molecule has 0 radical (unpaired) electrons. The monoisotopic (exact) mass is 243 g/mol. The first-order valence-electron chi connectivity index (χ1n) is 5.74. The predicted octanol–water partition coefficient (Wildman–Crippen LogP) is 2.97. The molecule has 1 aromatic rings. The van der Waals surface area contributed by atoms with Crippen molar-refractivity contribution in [2.75, 3.05) is 17.7 Å². The van der Waals surface area contributed by atoms with Crippen molar-refractivity contribution in [1.82, 2.24) is 4.37 Å². The summed E-state index contributed by atoms with van der Waals surface area (Å²) in [5.74, 6) is 1.75. The molecule has 0 bridgehead atoms. The van der Waals surface area contributed by atoms with Crippen LogP contribution >= 0.6 is 11.5 Å². The Morgan fingerprint density at radius 1 is 1.44 bits per heavy atom. The second-order valence-electron chi connectivity index (χ2n) is 4.06. The van der Waals surface area contributed by atoms with E-state index in [-0.39, 0.29) is 0 Å². The van der Waals surface area contributed by atoms with E-state index in [1.54, 1.807) is 0 Å². The zero-order valence-electron chi connectivity index (χ0n) is 10.4. The van der Waals surface area contributed by atoms with Crippen LogP contribution in [0.15, 0.2) is 0 Å². The Kier molecular flexibility index (Phi) is 4.86. The number of rotatable bonds is 6. The molecule has 16 heavy (non-hydrogen) atoms. The number of aromatic nitrogens is 1. The lowest BCUT2D eigenvalue weighted by Gasteiger charge is -2.21. The van der Waals surface area contributed by atoms with E-state index in [1.165, 1.54) is 11.5 Å². The number of nitrogens with zero attached hydrogens (tertiary/aromatic N) is 1. The lowest BCUT2D eigenvalue weighted by molar-refractivity contribution is 0.343. The van der Waals surface area contributed by atoms with Crippen molar-refractivity contribution < 1.29 is 4.74 Å². The molecule has 1 rings (SSSR count). The largest absolute Gasteiger partial charge is 0.487 e. The van der Waals surface area contributed by atoms with Crippen LogP contribution in [0.25, 0.3) is 0 Å². The van der Waals surface area contributed by atoms with Crippen LogP contribution in [0.4, 0.5) is 10.8 Å². The van der Waals surface area contributed by atoms with Crippen LogP contribution in [0.5, 0.6) is 5.75 Å². The molecule has 0 aliphatic rings. The molecule has 3 N–H and O–H groups in total. The molecule has 4 nitrogen and oxygen atoms in total. The van der Waals surface area contributed by atoms with Crippen LogP contribution in [-0.4, -0.2) is 17.0 Å². The van der Waals surface area contributed by atoms with Crippen molar-refractivity contribution in [3.8, 4) is 5.75 Å². The number of nitrogens with two attached hydrogens (primary N) is 1. The van der Waals surface area contributed by atoms with Gasteiger partial charge in [-0.05, 0) is 30.8 Å². The van der Waals surface area contributed by atoms with E-state index in [1.807, 2.05) is 6.92 Å². The lowest BCUT2D eigenvalue weighted by atomic mass is 10.0. The van der Waals surface area contributed by atoms with Gasteiger partial charge in [0.15, 0.2) is 16.6 Å². The summed E-state index contributed by atoms with van der Waals surface area (Å²) in [6.07, 6.45) is 1.07. The molecule has 92 valence electrons. The zero-order chi connectivity index (χ0) is 12.1. The minimum Gasteiger partial charge on any atom is -0.487 e. The van der Waals surface area contributed by atoms with Gasteiger partial charge in [-0.3, -0.25) is 0 Å². The summed E-state index contributed by atoms with van der Waals surface area (Å²) >= 11 is 1.37. The highest BCUT2D eigenvalue weighted by Gasteiger charge is 2.17. The van der Waals surface area contributed by atoms with Gasteiger partial charge in [0.1, 0.15) is 0 Å². The molecule has 1 atom stereocenters. The summed E-state index contributed by atoms with van der Waals surface area (Å²) in [4.78, 5) is 0. The fourth-order valence-corrected chi connectivity index (χ4v) is 2.30. The first kappa shape index (κ1) is 13.1. The predicted molar refractivity (Wildman–Crippen MR) is 70.2 cm³/mol. The quantitative estimate of drug-likeness (QED) is 0.806. The van der Waals surface area contributed by atoms with Gasteiger partial charge < -0.3 is 15.8 Å². The van der Waals surface area contributed by atoms with E-state index in [0.29, 0.717) is 30.1 Å². The summed E-state index contributed by atoms with van der Waals surface area (Å²) in [5, 5.41) is 4.40. The molecule has 0 aromatic carbocycles. The van der Waals surface area contributed by atoms with Crippen LogP contribution in [0.1, 0.15) is 34.1 Å². The maximum absolute atomic E-state index is 5.76. The van der Waals surface area contributed by atoms with Crippen LogP contribution in [0, 0.1) is 5.92 Å². The number of anilines is 2. The van der Waals surface area contributed by atoms with Gasteiger partial charge in [0, 0.05) is 6.04 Å². The van der Waals surface area contributed by atoms with Crippen LogP contribution in [0.2, 0.25) is 0 Å². The standard InChI is InChI=1S/C11H21N3OS/c1-5-8(7(3)4)13-11-9(15-6-2)10(12)14-16-11/h7-8,13H,5-6H2,1-4H3,(H2,12,14). The average molecular weight is 243 g/mol. The molecule has 0 aliphatic heterocycles. The van der Waals surface area contributed by atoms with E-state index in [0.717, 1.165) is 11.4 Å². The molecule has 0 aliphatic carbocycles. The molecule has 0 saturated carbocycles. The van der Waals surface area contributed by atoms with Crippen molar-refractivity contribution in [3.63, 3.8) is 0 Å². The van der Waals surface area contributed by atoms with Gasteiger partial charge in [0.05, 0.1) is 6.61 Å². The van der Waals surface area contributed by atoms with Crippen LogP contribution in [0.3, 0.4) is 0 Å². The van der Waals surface area contributed by atoms with Gasteiger partial charge in [-0.1, -0.05) is 20.8 Å². The Balaban J connectivity index is 2.79. The normalized spacial score (nSPS) is 12.8. The van der Waals surface area contributed by atoms with Gasteiger partial charge in [-0.25, -0.2) is 0 Å². The number of hydrogen-bond donors (Lipinski definition) is 2. The highest BCUT2D eigenvalue weighted by Crippen LogP contribution is 2.36. The van der Waals surface area contributed by atoms with E-state index in [9.17, 15) is 0 Å². The number of ether oxygens (including phenoxy) is 1. The van der Waals surface area contributed by atoms with Crippen molar-refractivity contribution in [2.45, 2.75) is 40.2 Å². The fraction of sp³-hybridized carbons (Fsp3) is 0.727. The third-order valence-electron chi connectivity index (χ3n) is 2.52. The van der Waals surface area contributed by atoms with Gasteiger partial charge in [0.2, 0.25) is 0 Å². The summed E-state index contributed by atoms with van der Waals surface area (Å²) in [6.45, 7) is 9.12. The highest BCUT2D eigenvalue weighted by atomic mass is 32.1. The van der Waals surface area contributed by atoms with Crippen molar-refractivity contribution in [1.29, 1.82) is 0 Å². The van der Waals surface area contributed by atoms with E-state index in [4.69, 9.17) is 10.5 Å². The Bertz CT molecular complexity index is 325. The smallest absolute Gasteiger partial charge is 0.197 e. The molecule has 0 spiro atoms. The van der Waals surface area contributed by atoms with Crippen molar-refractivity contribution >= 4 is 22.4 Å². The molecule has 1 unspecified atom stereocenters. The third kappa shape index (κ3) is 3.01. The minimum atomic E-state index is 0.430. The summed E-state index contributed by atoms with van der Waals surface area (Å²) in [5.41, 5.74) is 5.76. The average Bonchev–Trinajstić information content (AvgIpc) is 2.57. The van der Waals surface area contributed by atoms with Crippen molar-refractivity contribution in [3.05, 3.63) is 0 Å². The summed E-state index contributed by atoms with van der Waals surface area (Å²) in [6, 6.07) is 0.430. The molecular formula is C11H21N3OS. The Hall–Kier alpha value is -0.970. The van der Waals surface area contributed by atoms with Gasteiger partial charge in [-0.15, -0.1) is 0 Å². The fourth-order valence-electron chi connectivity index (χ4n) is 1.58. The Labute approximate surface area is 101 Å². The van der Waals surface area contributed by atoms with Crippen LogP contribution < -0.4 is 15.8 Å². The first-order valence-corrected chi connectivity index (χ1v) is 6.51. The highest BCUT2D eigenvalue weighted by molar-refractivity contribution is 7.11. The third-order valence-corrected chi connectivity index (χ3v) is 3.30. The Morgan fingerprint density at radius 3 is 2.62 bits per heavy atom. The number of nitrogen functional groups attached to an aromatic ring is 1. The maximum Gasteiger partial charge on any atom is 0.197 e. The molecule has 1 aromatic heterocycles. The number of nitrogens with one attached hydrogen (secondary N) is 1. The maximum atomic E-state index is 5.76. The zero-order valence-corrected chi connectivity index (χ0v) is 11.2. The second kappa shape index (κ2) is 5.94. The first-order chi connectivity index (χ1) is 7.60.